The maximum atomic E-state index is 12.9. The summed E-state index contributed by atoms with van der Waals surface area (Å²) in [5.41, 5.74) is 1.24. The molecule has 0 saturated carbocycles. The van der Waals surface area contributed by atoms with Gasteiger partial charge in [-0.05, 0) is 61.7 Å². The fourth-order valence-electron chi connectivity index (χ4n) is 3.22. The van der Waals surface area contributed by atoms with Crippen LogP contribution in [0.1, 0.15) is 36.0 Å². The molecule has 0 radical (unpaired) electrons. The highest BCUT2D eigenvalue weighted by molar-refractivity contribution is 8.04. The highest BCUT2D eigenvalue weighted by Gasteiger charge is 2.32. The van der Waals surface area contributed by atoms with E-state index in [1.807, 2.05) is 18.3 Å². The SMILES string of the molecule is Cc1ccccc1C=C1C=NC(NCCCCCNS(=O)(=O)c2cc(C(F)(F)F)ccc2Cl)S1. The first-order valence-corrected chi connectivity index (χ1v) is 13.4. The van der Waals surface area contributed by atoms with Crippen LogP contribution in [-0.2, 0) is 16.2 Å². The minimum absolute atomic E-state index is 0.0585. The Hall–Kier alpha value is -1.85. The average Bonchev–Trinajstić information content (AvgIpc) is 3.21. The van der Waals surface area contributed by atoms with E-state index in [1.165, 1.54) is 5.56 Å². The van der Waals surface area contributed by atoms with E-state index in [0.717, 1.165) is 35.4 Å². The topological polar surface area (TPSA) is 70.6 Å². The van der Waals surface area contributed by atoms with Crippen molar-refractivity contribution in [2.75, 3.05) is 13.1 Å². The van der Waals surface area contributed by atoms with Crippen molar-refractivity contribution in [3.8, 4) is 0 Å². The van der Waals surface area contributed by atoms with Crippen LogP contribution in [0.4, 0.5) is 13.2 Å². The fourth-order valence-corrected chi connectivity index (χ4v) is 5.72. The Morgan fingerprint density at radius 1 is 1.12 bits per heavy atom. The summed E-state index contributed by atoms with van der Waals surface area (Å²) in [6, 6.07) is 10.4. The maximum Gasteiger partial charge on any atom is 0.416 e. The van der Waals surface area contributed by atoms with Gasteiger partial charge in [-0.25, -0.2) is 13.1 Å². The van der Waals surface area contributed by atoms with E-state index in [0.29, 0.717) is 19.0 Å². The highest BCUT2D eigenvalue weighted by Crippen LogP contribution is 2.33. The van der Waals surface area contributed by atoms with Gasteiger partial charge in [0.25, 0.3) is 0 Å². The molecular formula is C23H25ClF3N3O2S2. The molecule has 184 valence electrons. The van der Waals surface area contributed by atoms with Gasteiger partial charge in [0, 0.05) is 17.7 Å². The van der Waals surface area contributed by atoms with Crippen LogP contribution in [-0.4, -0.2) is 33.2 Å². The molecule has 0 fully saturated rings. The number of unbranched alkanes of at least 4 members (excludes halogenated alkanes) is 2. The van der Waals surface area contributed by atoms with Crippen molar-refractivity contribution in [2.45, 2.75) is 42.8 Å². The van der Waals surface area contributed by atoms with Gasteiger partial charge in [-0.15, -0.1) is 0 Å². The molecule has 0 amide bonds. The average molecular weight is 532 g/mol. The van der Waals surface area contributed by atoms with Crippen LogP contribution < -0.4 is 10.0 Å². The minimum atomic E-state index is -4.65. The summed E-state index contributed by atoms with van der Waals surface area (Å²) in [5.74, 6) is 0. The zero-order valence-electron chi connectivity index (χ0n) is 18.4. The molecule has 0 bridgehead atoms. The Bertz CT molecular complexity index is 1170. The number of hydrogen-bond acceptors (Lipinski definition) is 5. The van der Waals surface area contributed by atoms with Gasteiger partial charge in [-0.1, -0.05) is 54.0 Å². The van der Waals surface area contributed by atoms with Gasteiger partial charge in [0.05, 0.1) is 10.6 Å². The lowest BCUT2D eigenvalue weighted by Crippen LogP contribution is -2.26. The molecule has 1 aliphatic heterocycles. The molecule has 34 heavy (non-hydrogen) atoms. The highest BCUT2D eigenvalue weighted by atomic mass is 35.5. The lowest BCUT2D eigenvalue weighted by molar-refractivity contribution is -0.137. The molecule has 5 nitrogen and oxygen atoms in total. The smallest absolute Gasteiger partial charge is 0.287 e. The zero-order chi connectivity index (χ0) is 24.8. The summed E-state index contributed by atoms with van der Waals surface area (Å²) in [7, 11) is -4.14. The van der Waals surface area contributed by atoms with Crippen LogP contribution in [0.3, 0.4) is 0 Å². The summed E-state index contributed by atoms with van der Waals surface area (Å²) >= 11 is 7.46. The van der Waals surface area contributed by atoms with Crippen molar-refractivity contribution in [3.05, 3.63) is 69.1 Å². The second-order valence-electron chi connectivity index (χ2n) is 7.71. The quantitative estimate of drug-likeness (QED) is 0.377. The molecule has 11 heteroatoms. The Morgan fingerprint density at radius 2 is 1.85 bits per heavy atom. The van der Waals surface area contributed by atoms with Crippen molar-refractivity contribution < 1.29 is 21.6 Å². The molecule has 1 aliphatic rings. The van der Waals surface area contributed by atoms with Gasteiger partial charge >= 0.3 is 6.18 Å². The molecule has 1 unspecified atom stereocenters. The first kappa shape index (κ1) is 26.7. The molecular weight excluding hydrogens is 507 g/mol. The number of allylic oxidation sites excluding steroid dienone is 1. The third-order valence-electron chi connectivity index (χ3n) is 5.08. The zero-order valence-corrected chi connectivity index (χ0v) is 20.8. The largest absolute Gasteiger partial charge is 0.416 e. The summed E-state index contributed by atoms with van der Waals surface area (Å²) in [6.07, 6.45) is 1.38. The van der Waals surface area contributed by atoms with E-state index in [-0.39, 0.29) is 17.1 Å². The van der Waals surface area contributed by atoms with Gasteiger partial charge in [-0.2, -0.15) is 13.2 Å². The van der Waals surface area contributed by atoms with E-state index in [1.54, 1.807) is 11.8 Å². The Balaban J connectivity index is 1.37. The first-order chi connectivity index (χ1) is 16.1. The van der Waals surface area contributed by atoms with Crippen LogP contribution in [0, 0.1) is 6.92 Å². The van der Waals surface area contributed by atoms with Gasteiger partial charge in [-0.3, -0.25) is 10.3 Å². The third kappa shape index (κ3) is 7.58. The molecule has 2 aromatic rings. The third-order valence-corrected chi connectivity index (χ3v) is 8.03. The van der Waals surface area contributed by atoms with Gasteiger partial charge in [0.1, 0.15) is 4.90 Å². The second-order valence-corrected chi connectivity index (χ2v) is 11.0. The number of nitrogens with zero attached hydrogens (tertiary/aromatic N) is 1. The van der Waals surface area contributed by atoms with E-state index in [4.69, 9.17) is 11.6 Å². The number of nitrogens with one attached hydrogen (secondary N) is 2. The number of halogens is 4. The fraction of sp³-hybridized carbons (Fsp3) is 0.348. The van der Waals surface area contributed by atoms with E-state index >= 15 is 0 Å². The molecule has 0 aliphatic carbocycles. The number of aryl methyl sites for hydroxylation is 1. The van der Waals surface area contributed by atoms with Crippen molar-refractivity contribution >= 4 is 45.7 Å². The van der Waals surface area contributed by atoms with Crippen LogP contribution >= 0.6 is 23.4 Å². The summed E-state index contributed by atoms with van der Waals surface area (Å²) < 4.78 is 65.7. The number of rotatable bonds is 10. The number of alkyl halides is 3. The first-order valence-electron chi connectivity index (χ1n) is 10.6. The van der Waals surface area contributed by atoms with Crippen LogP contribution in [0.5, 0.6) is 0 Å². The predicted octanol–water partition coefficient (Wildman–Crippen LogP) is 5.85. The van der Waals surface area contributed by atoms with Gasteiger partial charge in [0.15, 0.2) is 5.50 Å². The van der Waals surface area contributed by atoms with Crippen LogP contribution in [0.2, 0.25) is 5.02 Å². The van der Waals surface area contributed by atoms with E-state index in [9.17, 15) is 21.6 Å². The van der Waals surface area contributed by atoms with Crippen molar-refractivity contribution in [3.63, 3.8) is 0 Å². The minimum Gasteiger partial charge on any atom is -0.287 e. The van der Waals surface area contributed by atoms with Crippen molar-refractivity contribution in [1.82, 2.24) is 10.0 Å². The Morgan fingerprint density at radius 3 is 2.59 bits per heavy atom. The van der Waals surface area contributed by atoms with E-state index < -0.39 is 26.7 Å². The molecule has 0 spiro atoms. The molecule has 0 saturated heterocycles. The van der Waals surface area contributed by atoms with Crippen LogP contribution in [0.25, 0.3) is 6.08 Å². The number of thioether (sulfide) groups is 1. The van der Waals surface area contributed by atoms with Crippen LogP contribution in [0.15, 0.2) is 57.3 Å². The molecule has 1 heterocycles. The normalized spacial score (nSPS) is 17.6. The van der Waals surface area contributed by atoms with Gasteiger partial charge in [0.2, 0.25) is 10.0 Å². The van der Waals surface area contributed by atoms with E-state index in [2.05, 4.69) is 40.2 Å². The molecule has 1 atom stereocenters. The lowest BCUT2D eigenvalue weighted by atomic mass is 10.1. The van der Waals surface area contributed by atoms with Crippen molar-refractivity contribution in [2.24, 2.45) is 4.99 Å². The standard InChI is InChI=1S/C23H25ClF3N3O2S2/c1-16-7-3-4-8-17(16)13-19-15-29-22(33-19)28-11-5-2-6-12-30-34(31,32)21-14-18(23(25,26)27)9-10-20(21)24/h3-4,7-10,13-15,22,28,30H,2,5-6,11-12H2,1H3. The number of hydrogen-bond donors (Lipinski definition) is 2. The molecule has 2 N–H and O–H groups in total. The molecule has 3 rings (SSSR count). The number of aliphatic imine (C=N–C) groups is 1. The van der Waals surface area contributed by atoms with Gasteiger partial charge < -0.3 is 0 Å². The number of sulfonamides is 1. The summed E-state index contributed by atoms with van der Waals surface area (Å²) in [5, 5.41) is 3.08. The lowest BCUT2D eigenvalue weighted by Gasteiger charge is -2.12. The Kier molecular flexibility index (Phi) is 9.22. The summed E-state index contributed by atoms with van der Waals surface area (Å²) in [4.78, 5) is 4.96. The molecule has 0 aromatic heterocycles. The second kappa shape index (κ2) is 11.7. The predicted molar refractivity (Wildman–Crippen MR) is 133 cm³/mol. The monoisotopic (exact) mass is 531 g/mol. The Labute approximate surface area is 206 Å². The molecule has 2 aromatic carbocycles. The maximum absolute atomic E-state index is 12.9. The summed E-state index contributed by atoms with van der Waals surface area (Å²) in [6.45, 7) is 2.88. The number of benzene rings is 2. The van der Waals surface area contributed by atoms with Crippen molar-refractivity contribution in [1.29, 1.82) is 0 Å².